The largest absolute Gasteiger partial charge is 0.481 e. The van der Waals surface area contributed by atoms with E-state index in [1.165, 1.54) is 19.3 Å². The summed E-state index contributed by atoms with van der Waals surface area (Å²) < 4.78 is -0.443. The van der Waals surface area contributed by atoms with Crippen LogP contribution in [0.25, 0.3) is 0 Å². The Bertz CT molecular complexity index is 300. The van der Waals surface area contributed by atoms with Crippen LogP contribution in [-0.2, 0) is 4.79 Å². The molecule has 0 atom stereocenters. The molecule has 5 nitrogen and oxygen atoms in total. The zero-order chi connectivity index (χ0) is 19.8. The van der Waals surface area contributed by atoms with Crippen molar-refractivity contribution in [3.63, 3.8) is 0 Å². The Balaban J connectivity index is 0. The molecule has 0 saturated heterocycles. The molecule has 0 saturated carbocycles. The summed E-state index contributed by atoms with van der Waals surface area (Å²) in [5.41, 5.74) is -0.667. The van der Waals surface area contributed by atoms with Crippen molar-refractivity contribution in [3.05, 3.63) is 0 Å². The van der Waals surface area contributed by atoms with Crippen molar-refractivity contribution in [2.24, 2.45) is 5.41 Å². The lowest BCUT2D eigenvalue weighted by Crippen LogP contribution is -2.32. The maximum Gasteiger partial charge on any atom is 0.303 e. The summed E-state index contributed by atoms with van der Waals surface area (Å²) in [4.78, 5) is 10.2. The first-order valence-corrected chi connectivity index (χ1v) is 10.2. The van der Waals surface area contributed by atoms with E-state index in [0.717, 1.165) is 32.1 Å². The van der Waals surface area contributed by atoms with Crippen molar-refractivity contribution >= 4 is 43.9 Å². The molecule has 0 aliphatic carbocycles. The summed E-state index contributed by atoms with van der Waals surface area (Å²) in [7, 11) is 0. The number of unbranched alkanes of at least 4 members (excludes halogenated alkanes) is 6. The van der Waals surface area contributed by atoms with E-state index in [1.807, 2.05) is 6.92 Å². The second-order valence-corrected chi connectivity index (χ2v) is 9.82. The number of carbonyl (C=O) groups is 1. The van der Waals surface area contributed by atoms with Gasteiger partial charge in [0, 0.05) is 11.8 Å². The number of rotatable bonds is 14. The van der Waals surface area contributed by atoms with E-state index < -0.39 is 14.8 Å². The van der Waals surface area contributed by atoms with Crippen molar-refractivity contribution in [3.8, 4) is 0 Å². The van der Waals surface area contributed by atoms with Crippen molar-refractivity contribution in [2.45, 2.75) is 74.5 Å². The minimum atomic E-state index is -0.687. The maximum atomic E-state index is 10.2. The van der Waals surface area contributed by atoms with Crippen LogP contribution in [0.2, 0.25) is 0 Å². The van der Waals surface area contributed by atoms with Gasteiger partial charge < -0.3 is 20.4 Å². The van der Waals surface area contributed by atoms with Crippen molar-refractivity contribution in [2.75, 3.05) is 19.8 Å². The average molecular weight is 417 g/mol. The van der Waals surface area contributed by atoms with Crippen LogP contribution in [-0.4, -0.2) is 49.6 Å². The van der Waals surface area contributed by atoms with Gasteiger partial charge in [-0.15, -0.1) is 0 Å². The maximum absolute atomic E-state index is 10.2. The smallest absolute Gasteiger partial charge is 0.303 e. The first kappa shape index (κ1) is 27.6. The molecule has 4 N–H and O–H groups in total. The van der Waals surface area contributed by atoms with Crippen LogP contribution in [0, 0.1) is 5.41 Å². The van der Waals surface area contributed by atoms with Crippen LogP contribution in [0.1, 0.15) is 71.1 Å². The molecule has 152 valence electrons. The number of aliphatic carboxylic acids is 1. The summed E-state index contributed by atoms with van der Waals surface area (Å²) in [5.74, 6) is -0.687. The predicted octanol–water partition coefficient (Wildman–Crippen LogP) is 3.38. The SMILES string of the molecule is CCC(CO)(CO)CO.O=C(O)CCCCCCCCCC(S)(S)S. The second kappa shape index (κ2) is 16.6. The molecule has 0 aliphatic rings. The van der Waals surface area contributed by atoms with Gasteiger partial charge in [0.2, 0.25) is 0 Å². The van der Waals surface area contributed by atoms with Crippen molar-refractivity contribution in [1.29, 1.82) is 0 Å². The highest BCUT2D eigenvalue weighted by atomic mass is 32.2. The van der Waals surface area contributed by atoms with E-state index in [-0.39, 0.29) is 19.8 Å². The number of aliphatic hydroxyl groups excluding tert-OH is 3. The number of hydrogen-bond donors (Lipinski definition) is 7. The van der Waals surface area contributed by atoms with E-state index in [1.54, 1.807) is 0 Å². The molecule has 25 heavy (non-hydrogen) atoms. The van der Waals surface area contributed by atoms with Crippen molar-refractivity contribution < 1.29 is 25.2 Å². The minimum Gasteiger partial charge on any atom is -0.481 e. The van der Waals surface area contributed by atoms with Crippen LogP contribution in [0.3, 0.4) is 0 Å². The van der Waals surface area contributed by atoms with Crippen molar-refractivity contribution in [1.82, 2.24) is 0 Å². The highest BCUT2D eigenvalue weighted by molar-refractivity contribution is 8.16. The van der Waals surface area contributed by atoms with Gasteiger partial charge in [0.15, 0.2) is 0 Å². The van der Waals surface area contributed by atoms with Crippen LogP contribution < -0.4 is 0 Å². The van der Waals surface area contributed by atoms with Crippen LogP contribution in [0.4, 0.5) is 0 Å². The number of carboxylic acids is 1. The van der Waals surface area contributed by atoms with Crippen LogP contribution in [0.15, 0.2) is 0 Å². The Labute approximate surface area is 168 Å². The predicted molar refractivity (Wildman–Crippen MR) is 113 cm³/mol. The minimum absolute atomic E-state index is 0.156. The molecule has 0 aromatic rings. The zero-order valence-corrected chi connectivity index (χ0v) is 17.9. The number of hydrogen-bond acceptors (Lipinski definition) is 7. The third-order valence-electron chi connectivity index (χ3n) is 4.16. The fraction of sp³-hybridized carbons (Fsp3) is 0.941. The Kier molecular flexibility index (Phi) is 18.3. The Morgan fingerprint density at radius 1 is 0.800 bits per heavy atom. The number of carboxylic acid groups (broad SMARTS) is 1. The molecule has 0 aromatic carbocycles. The summed E-state index contributed by atoms with van der Waals surface area (Å²) in [5, 5.41) is 34.4. The fourth-order valence-electron chi connectivity index (χ4n) is 2.01. The van der Waals surface area contributed by atoms with E-state index >= 15 is 0 Å². The summed E-state index contributed by atoms with van der Waals surface area (Å²) in [6, 6.07) is 0. The van der Waals surface area contributed by atoms with Gasteiger partial charge in [-0.3, -0.25) is 4.79 Å². The molecule has 0 heterocycles. The third kappa shape index (κ3) is 19.0. The molecular formula is C17H36O5S3. The monoisotopic (exact) mass is 416 g/mol. The molecular weight excluding hydrogens is 380 g/mol. The lowest BCUT2D eigenvalue weighted by Gasteiger charge is -2.24. The highest BCUT2D eigenvalue weighted by Crippen LogP contribution is 2.30. The first-order valence-electron chi connectivity index (χ1n) is 8.88. The van der Waals surface area contributed by atoms with Gasteiger partial charge in [0.25, 0.3) is 0 Å². The van der Waals surface area contributed by atoms with Gasteiger partial charge in [0.05, 0.1) is 23.2 Å². The summed E-state index contributed by atoms with van der Waals surface area (Å²) in [6.07, 6.45) is 9.47. The van der Waals surface area contributed by atoms with Gasteiger partial charge >= 0.3 is 5.97 Å². The normalized spacial score (nSPS) is 11.8. The number of aliphatic hydroxyl groups is 3. The van der Waals surface area contributed by atoms with Crippen LogP contribution in [0.5, 0.6) is 0 Å². The molecule has 0 unspecified atom stereocenters. The second-order valence-electron chi connectivity index (χ2n) is 6.47. The Morgan fingerprint density at radius 3 is 1.48 bits per heavy atom. The quantitative estimate of drug-likeness (QED) is 0.134. The first-order chi connectivity index (χ1) is 11.7. The summed E-state index contributed by atoms with van der Waals surface area (Å²) >= 11 is 12.7. The van der Waals surface area contributed by atoms with Gasteiger partial charge in [-0.1, -0.05) is 45.4 Å². The molecule has 0 spiro atoms. The molecule has 8 heteroatoms. The number of thiol groups is 3. The average Bonchev–Trinajstić information content (AvgIpc) is 2.55. The van der Waals surface area contributed by atoms with E-state index in [0.29, 0.717) is 12.8 Å². The molecule has 0 radical (unpaired) electrons. The standard InChI is InChI=1S/C11H22O2S3.C6H14O3/c12-10(13)8-6-4-2-1-3-5-7-9-11(14,15)16;1-2-6(3-7,4-8)5-9/h14-16H,1-9H2,(H,12,13);7-9H,2-5H2,1H3. The molecule has 0 rings (SSSR count). The molecule has 0 fully saturated rings. The van der Waals surface area contributed by atoms with Crippen LogP contribution >= 0.6 is 37.9 Å². The van der Waals surface area contributed by atoms with Gasteiger partial charge in [0.1, 0.15) is 0 Å². The Morgan fingerprint density at radius 2 is 1.20 bits per heavy atom. The highest BCUT2D eigenvalue weighted by Gasteiger charge is 2.24. The van der Waals surface area contributed by atoms with E-state index in [2.05, 4.69) is 37.9 Å². The van der Waals surface area contributed by atoms with Gasteiger partial charge in [-0.05, 0) is 19.3 Å². The Hall–Kier alpha value is 0.400. The fourth-order valence-corrected chi connectivity index (χ4v) is 2.48. The topological polar surface area (TPSA) is 98.0 Å². The van der Waals surface area contributed by atoms with E-state index in [9.17, 15) is 4.79 Å². The van der Waals surface area contributed by atoms with Gasteiger partial charge in [-0.25, -0.2) is 0 Å². The lowest BCUT2D eigenvalue weighted by molar-refractivity contribution is -0.137. The summed E-state index contributed by atoms with van der Waals surface area (Å²) in [6.45, 7) is 1.35. The molecule has 0 aliphatic heterocycles. The molecule has 0 amide bonds. The lowest BCUT2D eigenvalue weighted by atomic mass is 9.88. The zero-order valence-electron chi connectivity index (χ0n) is 15.2. The van der Waals surface area contributed by atoms with E-state index in [4.69, 9.17) is 20.4 Å². The molecule has 0 bridgehead atoms. The third-order valence-corrected chi connectivity index (χ3v) is 4.83. The molecule has 0 aromatic heterocycles. The van der Waals surface area contributed by atoms with Gasteiger partial charge in [-0.2, -0.15) is 37.9 Å².